The molecule has 0 aromatic heterocycles. The second-order valence-corrected chi connectivity index (χ2v) is 6.73. The van der Waals surface area contributed by atoms with E-state index in [0.717, 1.165) is 41.9 Å². The van der Waals surface area contributed by atoms with E-state index >= 15 is 0 Å². The highest BCUT2D eigenvalue weighted by atomic mass is 35.5. The lowest BCUT2D eigenvalue weighted by Gasteiger charge is -2.26. The van der Waals surface area contributed by atoms with Gasteiger partial charge in [0.25, 0.3) is 5.91 Å². The van der Waals surface area contributed by atoms with Gasteiger partial charge in [-0.3, -0.25) is 9.59 Å². The summed E-state index contributed by atoms with van der Waals surface area (Å²) in [4.78, 5) is 26.8. The maximum absolute atomic E-state index is 12.5. The minimum atomic E-state index is -0.239. The third-order valence-electron chi connectivity index (χ3n) is 4.80. The summed E-state index contributed by atoms with van der Waals surface area (Å²) in [7, 11) is 0. The zero-order valence-electron chi connectivity index (χ0n) is 13.3. The fourth-order valence-electron chi connectivity index (χ4n) is 3.61. The quantitative estimate of drug-likeness (QED) is 0.898. The van der Waals surface area contributed by atoms with Crippen molar-refractivity contribution in [3.05, 3.63) is 58.1 Å². The smallest absolute Gasteiger partial charge is 0.257 e. The Balaban J connectivity index is 1.70. The third-order valence-corrected chi connectivity index (χ3v) is 5.12. The van der Waals surface area contributed by atoms with Crippen molar-refractivity contribution in [3.63, 3.8) is 0 Å². The number of nitrogens with one attached hydrogen (secondary N) is 1. The maximum Gasteiger partial charge on any atom is 0.257 e. The van der Waals surface area contributed by atoms with E-state index in [9.17, 15) is 9.59 Å². The van der Waals surface area contributed by atoms with Crippen molar-refractivity contribution in [1.82, 2.24) is 0 Å². The number of benzene rings is 2. The Hall–Kier alpha value is -2.33. The molecule has 4 rings (SSSR count). The topological polar surface area (TPSA) is 49.4 Å². The fraction of sp³-hybridized carbons (Fsp3) is 0.263. The largest absolute Gasteiger partial charge is 0.322 e. The van der Waals surface area contributed by atoms with Gasteiger partial charge in [0.15, 0.2) is 0 Å². The van der Waals surface area contributed by atoms with Gasteiger partial charge in [-0.15, -0.1) is 0 Å². The Kier molecular flexibility index (Phi) is 3.57. The zero-order chi connectivity index (χ0) is 16.8. The Morgan fingerprint density at radius 1 is 1.29 bits per heavy atom. The molecule has 1 unspecified atom stereocenters. The number of anilines is 2. The van der Waals surface area contributed by atoms with E-state index in [-0.39, 0.29) is 17.7 Å². The number of carbonyl (C=O) groups excluding carboxylic acids is 2. The van der Waals surface area contributed by atoms with Crippen molar-refractivity contribution < 1.29 is 9.59 Å². The van der Waals surface area contributed by atoms with Crippen molar-refractivity contribution in [2.45, 2.75) is 25.7 Å². The molecule has 2 aliphatic rings. The Morgan fingerprint density at radius 3 is 2.88 bits per heavy atom. The number of rotatable bonds is 2. The number of carbonyl (C=O) groups is 2. The summed E-state index contributed by atoms with van der Waals surface area (Å²) in [6.45, 7) is 2.71. The van der Waals surface area contributed by atoms with Crippen LogP contribution in [0.1, 0.15) is 40.7 Å². The average Bonchev–Trinajstić information content (AvgIpc) is 2.82. The Morgan fingerprint density at radius 2 is 2.08 bits per heavy atom. The van der Waals surface area contributed by atoms with E-state index < -0.39 is 0 Å². The van der Waals surface area contributed by atoms with Gasteiger partial charge in [0.05, 0.1) is 22.2 Å². The van der Waals surface area contributed by atoms with Crippen LogP contribution in [0.3, 0.4) is 0 Å². The van der Waals surface area contributed by atoms with Crippen molar-refractivity contribution in [3.8, 4) is 0 Å². The van der Waals surface area contributed by atoms with Crippen LogP contribution in [-0.2, 0) is 11.2 Å². The van der Waals surface area contributed by atoms with Gasteiger partial charge in [0.1, 0.15) is 0 Å². The number of halogens is 1. The number of hydrogen-bond donors (Lipinski definition) is 1. The molecule has 0 radical (unpaired) electrons. The van der Waals surface area contributed by atoms with Gasteiger partial charge in [0.2, 0.25) is 5.91 Å². The van der Waals surface area contributed by atoms with Crippen LogP contribution in [0, 0.1) is 0 Å². The first-order chi connectivity index (χ1) is 11.6. The molecule has 2 amide bonds. The number of amides is 2. The molecule has 4 nitrogen and oxygen atoms in total. The summed E-state index contributed by atoms with van der Waals surface area (Å²) >= 11 is 6.10. The van der Waals surface area contributed by atoms with E-state index in [2.05, 4.69) is 5.32 Å². The summed E-state index contributed by atoms with van der Waals surface area (Å²) in [6.07, 6.45) is 1.88. The van der Waals surface area contributed by atoms with Gasteiger partial charge in [-0.1, -0.05) is 23.7 Å². The Labute approximate surface area is 145 Å². The van der Waals surface area contributed by atoms with E-state index in [0.29, 0.717) is 10.6 Å². The molecule has 1 atom stereocenters. The zero-order valence-corrected chi connectivity index (χ0v) is 14.1. The van der Waals surface area contributed by atoms with Crippen LogP contribution in [0.4, 0.5) is 11.4 Å². The summed E-state index contributed by atoms with van der Waals surface area (Å²) < 4.78 is 0. The molecule has 2 heterocycles. The van der Waals surface area contributed by atoms with Gasteiger partial charge in [-0.2, -0.15) is 0 Å². The molecular weight excluding hydrogens is 324 g/mol. The summed E-state index contributed by atoms with van der Waals surface area (Å²) in [5, 5.41) is 3.35. The number of aryl methyl sites for hydroxylation is 1. The molecule has 122 valence electrons. The number of hydrogen-bond acceptors (Lipinski definition) is 2. The van der Waals surface area contributed by atoms with Crippen LogP contribution in [0.15, 0.2) is 36.4 Å². The fourth-order valence-corrected chi connectivity index (χ4v) is 3.83. The number of nitrogens with zero attached hydrogens (tertiary/aromatic N) is 1. The van der Waals surface area contributed by atoms with E-state index in [1.807, 2.05) is 24.0 Å². The normalized spacial score (nSPS) is 18.5. The molecule has 5 heteroatoms. The van der Waals surface area contributed by atoms with E-state index in [1.165, 1.54) is 0 Å². The van der Waals surface area contributed by atoms with Crippen LogP contribution in [0.25, 0.3) is 0 Å². The van der Waals surface area contributed by atoms with Crippen LogP contribution in [0.2, 0.25) is 5.02 Å². The highest BCUT2D eigenvalue weighted by Crippen LogP contribution is 2.44. The maximum atomic E-state index is 12.5. The summed E-state index contributed by atoms with van der Waals surface area (Å²) in [6, 6.07) is 10.9. The standard InChI is InChI=1S/C19H17ClN2O2/c1-11-15-10-13(21-18(23)14-6-2-3-7-16(14)20)9-12-5-4-8-22(17(12)15)19(11)24/h2-3,6-7,9-11H,4-5,8H2,1H3,(H,21,23). The molecular formula is C19H17ClN2O2. The molecule has 0 aliphatic carbocycles. The van der Waals surface area contributed by atoms with Gasteiger partial charge in [-0.25, -0.2) is 0 Å². The summed E-state index contributed by atoms with van der Waals surface area (Å²) in [5.41, 5.74) is 4.35. The summed E-state index contributed by atoms with van der Waals surface area (Å²) in [5.74, 6) is -0.244. The average molecular weight is 341 g/mol. The highest BCUT2D eigenvalue weighted by Gasteiger charge is 2.37. The van der Waals surface area contributed by atoms with E-state index in [4.69, 9.17) is 11.6 Å². The van der Waals surface area contributed by atoms with Gasteiger partial charge < -0.3 is 10.2 Å². The molecule has 0 saturated carbocycles. The monoisotopic (exact) mass is 340 g/mol. The third kappa shape index (κ3) is 2.29. The lowest BCUT2D eigenvalue weighted by Crippen LogP contribution is -2.32. The second-order valence-electron chi connectivity index (χ2n) is 6.32. The lowest BCUT2D eigenvalue weighted by atomic mass is 9.96. The molecule has 24 heavy (non-hydrogen) atoms. The van der Waals surface area contributed by atoms with E-state index in [1.54, 1.807) is 24.3 Å². The minimum absolute atomic E-state index is 0.153. The Bertz CT molecular complexity index is 862. The first-order valence-electron chi connectivity index (χ1n) is 8.10. The minimum Gasteiger partial charge on any atom is -0.322 e. The first kappa shape index (κ1) is 15.2. The molecule has 0 saturated heterocycles. The molecule has 2 aromatic rings. The highest BCUT2D eigenvalue weighted by molar-refractivity contribution is 6.34. The van der Waals surface area contributed by atoms with Gasteiger partial charge in [0, 0.05) is 12.2 Å². The molecule has 0 spiro atoms. The predicted molar refractivity (Wildman–Crippen MR) is 94.9 cm³/mol. The SMILES string of the molecule is CC1C(=O)N2CCCc3cc(NC(=O)c4ccccc4Cl)cc1c32. The van der Waals surface area contributed by atoms with Crippen molar-refractivity contribution in [2.75, 3.05) is 16.8 Å². The predicted octanol–water partition coefficient (Wildman–Crippen LogP) is 3.99. The molecule has 1 N–H and O–H groups in total. The second kappa shape index (κ2) is 5.64. The van der Waals surface area contributed by atoms with Crippen molar-refractivity contribution in [2.24, 2.45) is 0 Å². The molecule has 2 aliphatic heterocycles. The van der Waals surface area contributed by atoms with Crippen LogP contribution >= 0.6 is 11.6 Å². The van der Waals surface area contributed by atoms with Crippen molar-refractivity contribution >= 4 is 34.8 Å². The molecule has 2 aromatic carbocycles. The van der Waals surface area contributed by atoms with Crippen LogP contribution < -0.4 is 10.2 Å². The lowest BCUT2D eigenvalue weighted by molar-refractivity contribution is -0.119. The first-order valence-corrected chi connectivity index (χ1v) is 8.48. The van der Waals surface area contributed by atoms with Crippen LogP contribution in [0.5, 0.6) is 0 Å². The molecule has 0 fully saturated rings. The van der Waals surface area contributed by atoms with Crippen molar-refractivity contribution in [1.29, 1.82) is 0 Å². The molecule has 0 bridgehead atoms. The van der Waals surface area contributed by atoms with Crippen LogP contribution in [-0.4, -0.2) is 18.4 Å². The van der Waals surface area contributed by atoms with Gasteiger partial charge in [-0.05, 0) is 55.2 Å². The van der Waals surface area contributed by atoms with Gasteiger partial charge >= 0.3 is 0 Å².